The zero-order valence-corrected chi connectivity index (χ0v) is 15.7. The first-order chi connectivity index (χ1) is 8.91. The van der Waals surface area contributed by atoms with Crippen molar-refractivity contribution in [3.63, 3.8) is 0 Å². The second-order valence-electron chi connectivity index (χ2n) is 4.64. The van der Waals surface area contributed by atoms with E-state index in [4.69, 9.17) is 9.16 Å². The molecule has 0 radical (unpaired) electrons. The van der Waals surface area contributed by atoms with Crippen LogP contribution in [-0.4, -0.2) is 27.5 Å². The average molecular weight is 396 g/mol. The summed E-state index contributed by atoms with van der Waals surface area (Å²) in [6.45, 7) is 12.4. The van der Waals surface area contributed by atoms with Gasteiger partial charge in [-0.15, -0.1) is 0 Å². The van der Waals surface area contributed by atoms with Gasteiger partial charge < -0.3 is 9.16 Å². The van der Waals surface area contributed by atoms with Gasteiger partial charge in [-0.2, -0.15) is 0 Å². The molecule has 0 aromatic carbocycles. The van der Waals surface area contributed by atoms with Crippen molar-refractivity contribution in [1.82, 2.24) is 0 Å². The van der Waals surface area contributed by atoms with Crippen LogP contribution >= 0.6 is 22.6 Å². The summed E-state index contributed by atoms with van der Waals surface area (Å²) in [5.74, 6) is -0.339. The quantitative estimate of drug-likeness (QED) is 0.200. The maximum Gasteiger partial charge on any atom is 0.337 e. The third-order valence-corrected chi connectivity index (χ3v) is 8.84. The lowest BCUT2D eigenvalue weighted by Crippen LogP contribution is -2.42. The zero-order chi connectivity index (χ0) is 15.1. The molecule has 110 valence electrons. The predicted octanol–water partition coefficient (Wildman–Crippen LogP) is 4.44. The van der Waals surface area contributed by atoms with Crippen LogP contribution in [0, 0.1) is 0 Å². The summed E-state index contributed by atoms with van der Waals surface area (Å²) in [6.07, 6.45) is -0.351. The maximum atomic E-state index is 11.8. The second-order valence-corrected chi connectivity index (χ2v) is 9.99. The van der Waals surface area contributed by atoms with Gasteiger partial charge in [0.15, 0.2) is 8.32 Å². The smallest absolute Gasteiger partial charge is 0.337 e. The summed E-state index contributed by atoms with van der Waals surface area (Å²) in [6, 6.07) is 3.12. The van der Waals surface area contributed by atoms with E-state index in [1.165, 1.54) is 7.11 Å². The van der Waals surface area contributed by atoms with Gasteiger partial charge in [0.05, 0.1) is 18.8 Å². The van der Waals surface area contributed by atoms with E-state index in [0.717, 1.165) is 23.7 Å². The molecule has 0 bridgehead atoms. The average Bonchev–Trinajstić information content (AvgIpc) is 2.43. The lowest BCUT2D eigenvalue weighted by molar-refractivity contribution is -0.136. The normalized spacial score (nSPS) is 14.1. The van der Waals surface area contributed by atoms with Crippen molar-refractivity contribution in [2.75, 3.05) is 7.11 Å². The van der Waals surface area contributed by atoms with Gasteiger partial charge in [-0.05, 0) is 34.7 Å². The van der Waals surface area contributed by atoms with Crippen LogP contribution in [0.3, 0.4) is 0 Å². The lowest BCUT2D eigenvalue weighted by Gasteiger charge is -2.34. The second kappa shape index (κ2) is 8.92. The third-order valence-electron chi connectivity index (χ3n) is 3.57. The molecule has 0 aromatic heterocycles. The molecule has 0 heterocycles. The van der Waals surface area contributed by atoms with Gasteiger partial charge >= 0.3 is 5.97 Å². The van der Waals surface area contributed by atoms with Crippen LogP contribution in [0.1, 0.15) is 27.7 Å². The zero-order valence-electron chi connectivity index (χ0n) is 12.6. The van der Waals surface area contributed by atoms with Crippen LogP contribution in [-0.2, 0) is 14.0 Å². The van der Waals surface area contributed by atoms with Crippen molar-refractivity contribution in [3.8, 4) is 0 Å². The number of carbonyl (C=O) groups excluding carboxylic acids is 1. The number of hydrogen-bond donors (Lipinski definition) is 0. The van der Waals surface area contributed by atoms with E-state index in [0.29, 0.717) is 5.57 Å². The topological polar surface area (TPSA) is 35.5 Å². The SMILES string of the molecule is C=C(C)C(O[Si](CC)(CC)CC)C(=CI)C(=O)OC. The first-order valence-corrected chi connectivity index (χ1v) is 10.4. The molecule has 0 saturated carbocycles. The Kier molecular flexibility index (Phi) is 8.85. The molecule has 19 heavy (non-hydrogen) atoms. The van der Waals surface area contributed by atoms with Gasteiger partial charge in [0.1, 0.15) is 0 Å². The van der Waals surface area contributed by atoms with E-state index in [1.807, 2.05) is 6.92 Å². The molecule has 5 heteroatoms. The van der Waals surface area contributed by atoms with Gasteiger partial charge in [0.2, 0.25) is 0 Å². The minimum absolute atomic E-state index is 0.339. The van der Waals surface area contributed by atoms with E-state index in [1.54, 1.807) is 4.08 Å². The maximum absolute atomic E-state index is 11.8. The summed E-state index contributed by atoms with van der Waals surface area (Å²) in [4.78, 5) is 11.8. The number of ether oxygens (including phenoxy) is 1. The summed E-state index contributed by atoms with van der Waals surface area (Å²) in [5, 5.41) is 0. The van der Waals surface area contributed by atoms with Gasteiger partial charge in [0.25, 0.3) is 0 Å². The molecule has 0 aliphatic carbocycles. The molecule has 0 aliphatic rings. The molecule has 0 amide bonds. The van der Waals surface area contributed by atoms with Gasteiger partial charge in [0, 0.05) is 0 Å². The van der Waals surface area contributed by atoms with Gasteiger partial charge in [-0.3, -0.25) is 0 Å². The van der Waals surface area contributed by atoms with Crippen LogP contribution in [0.2, 0.25) is 18.1 Å². The molecule has 3 nitrogen and oxygen atoms in total. The Labute approximate surface area is 131 Å². The van der Waals surface area contributed by atoms with Crippen LogP contribution in [0.25, 0.3) is 0 Å². The highest BCUT2D eigenvalue weighted by atomic mass is 127. The molecule has 1 unspecified atom stereocenters. The first kappa shape index (κ1) is 18.9. The molecular weight excluding hydrogens is 371 g/mol. The number of hydrogen-bond acceptors (Lipinski definition) is 3. The highest BCUT2D eigenvalue weighted by molar-refractivity contribution is 14.1. The van der Waals surface area contributed by atoms with E-state index in [9.17, 15) is 4.79 Å². The fourth-order valence-electron chi connectivity index (χ4n) is 2.01. The molecule has 0 spiro atoms. The van der Waals surface area contributed by atoms with Crippen molar-refractivity contribution in [1.29, 1.82) is 0 Å². The van der Waals surface area contributed by atoms with E-state index in [2.05, 4.69) is 49.9 Å². The Morgan fingerprint density at radius 2 is 1.79 bits per heavy atom. The van der Waals surface area contributed by atoms with Gasteiger partial charge in [-0.25, -0.2) is 4.79 Å². The molecule has 0 fully saturated rings. The van der Waals surface area contributed by atoms with Crippen molar-refractivity contribution in [2.45, 2.75) is 51.9 Å². The largest absolute Gasteiger partial charge is 0.466 e. The number of halogens is 1. The lowest BCUT2D eigenvalue weighted by atomic mass is 10.1. The molecule has 0 aliphatic heterocycles. The molecule has 0 N–H and O–H groups in total. The Morgan fingerprint density at radius 1 is 1.32 bits per heavy atom. The molecule has 0 saturated heterocycles. The Morgan fingerprint density at radius 3 is 2.05 bits per heavy atom. The van der Waals surface area contributed by atoms with E-state index in [-0.39, 0.29) is 12.1 Å². The van der Waals surface area contributed by atoms with Crippen LogP contribution in [0.4, 0.5) is 0 Å². The van der Waals surface area contributed by atoms with Crippen LogP contribution in [0.15, 0.2) is 21.8 Å². The molecule has 0 rings (SSSR count). The Hall–Kier alpha value is -0.143. The predicted molar refractivity (Wildman–Crippen MR) is 91.0 cm³/mol. The number of rotatable bonds is 8. The molecule has 0 aromatic rings. The number of carbonyl (C=O) groups is 1. The number of methoxy groups -OCH3 is 1. The summed E-state index contributed by atoms with van der Waals surface area (Å²) in [5.41, 5.74) is 1.39. The number of esters is 1. The fraction of sp³-hybridized carbons (Fsp3) is 0.643. The highest BCUT2D eigenvalue weighted by Gasteiger charge is 2.35. The van der Waals surface area contributed by atoms with Crippen molar-refractivity contribution < 1.29 is 14.0 Å². The minimum Gasteiger partial charge on any atom is -0.466 e. The third kappa shape index (κ3) is 5.04. The standard InChI is InChI=1S/C14H25IO3Si/c1-7-19(8-2,9-3)18-13(11(4)5)12(10-15)14(16)17-6/h10,13H,4,7-9H2,1-3,5-6H3. The van der Waals surface area contributed by atoms with Crippen molar-refractivity contribution in [2.24, 2.45) is 0 Å². The van der Waals surface area contributed by atoms with E-state index < -0.39 is 8.32 Å². The highest BCUT2D eigenvalue weighted by Crippen LogP contribution is 2.29. The summed E-state index contributed by atoms with van der Waals surface area (Å²) >= 11 is 2.06. The Bertz CT molecular complexity index is 340. The van der Waals surface area contributed by atoms with Crippen LogP contribution < -0.4 is 0 Å². The monoisotopic (exact) mass is 396 g/mol. The Balaban J connectivity index is 5.34. The van der Waals surface area contributed by atoms with E-state index >= 15 is 0 Å². The van der Waals surface area contributed by atoms with Crippen molar-refractivity contribution >= 4 is 36.9 Å². The van der Waals surface area contributed by atoms with Crippen molar-refractivity contribution in [3.05, 3.63) is 21.8 Å². The van der Waals surface area contributed by atoms with Gasteiger partial charge in [-0.1, -0.05) is 49.9 Å². The van der Waals surface area contributed by atoms with Crippen LogP contribution in [0.5, 0.6) is 0 Å². The molecule has 1 atom stereocenters. The summed E-state index contributed by atoms with van der Waals surface area (Å²) < 4.78 is 13.0. The minimum atomic E-state index is -1.79. The summed E-state index contributed by atoms with van der Waals surface area (Å²) in [7, 11) is -0.403. The molecular formula is C14H25IO3Si. The first-order valence-electron chi connectivity index (χ1n) is 6.63. The fourth-order valence-corrected chi connectivity index (χ4v) is 5.42.